The number of hydrogen-bond donors (Lipinski definition) is 1. The lowest BCUT2D eigenvalue weighted by Crippen LogP contribution is -2.48. The molecule has 2 spiro atoms. The minimum Gasteiger partial charge on any atom is -0.375 e. The number of benzene rings is 1. The van der Waals surface area contributed by atoms with Crippen LogP contribution in [0.15, 0.2) is 48.7 Å². The maximum atomic E-state index is 6.42. The molecule has 0 amide bonds. The summed E-state index contributed by atoms with van der Waals surface area (Å²) in [7, 11) is 0. The molecule has 1 N–H and O–H groups in total. The maximum absolute atomic E-state index is 6.42. The number of nitrogens with zero attached hydrogens (tertiary/aromatic N) is 1. The van der Waals surface area contributed by atoms with Crippen LogP contribution in [-0.2, 0) is 25.4 Å². The third-order valence-corrected chi connectivity index (χ3v) is 8.63. The SMILES string of the molecule is c1ccc([C@]2(CCNC3CCC4(OCCO4)c4ccccc43)CCOC3(CCCC3)C2)nc1. The standard InChI is InChI=1S/C28H36N2O3/c1-2-8-23-22(7-1)24(10-13-28(23)32-19-20-33-28)29-17-14-26(25-9-3-6-16-30-25)15-18-31-27(21-26)11-4-5-12-27/h1-3,6-9,16,24,29H,4-5,10-15,17-21H2/t24?,26-/m1/s1. The number of rotatable bonds is 5. The smallest absolute Gasteiger partial charge is 0.195 e. The highest BCUT2D eigenvalue weighted by Crippen LogP contribution is 2.50. The summed E-state index contributed by atoms with van der Waals surface area (Å²) >= 11 is 0. The van der Waals surface area contributed by atoms with E-state index in [-0.39, 0.29) is 11.0 Å². The van der Waals surface area contributed by atoms with E-state index in [0.29, 0.717) is 19.3 Å². The summed E-state index contributed by atoms with van der Waals surface area (Å²) < 4.78 is 18.6. The van der Waals surface area contributed by atoms with Gasteiger partial charge in [-0.15, -0.1) is 0 Å². The molecule has 176 valence electrons. The van der Waals surface area contributed by atoms with Crippen molar-refractivity contribution in [3.63, 3.8) is 0 Å². The summed E-state index contributed by atoms with van der Waals surface area (Å²) in [5.74, 6) is -0.528. The topological polar surface area (TPSA) is 52.6 Å². The van der Waals surface area contributed by atoms with Crippen molar-refractivity contribution in [3.05, 3.63) is 65.5 Å². The van der Waals surface area contributed by atoms with Gasteiger partial charge in [0.25, 0.3) is 0 Å². The van der Waals surface area contributed by atoms with Crippen molar-refractivity contribution in [1.82, 2.24) is 10.3 Å². The highest BCUT2D eigenvalue weighted by molar-refractivity contribution is 5.36. The maximum Gasteiger partial charge on any atom is 0.195 e. The second-order valence-corrected chi connectivity index (χ2v) is 10.5. The van der Waals surface area contributed by atoms with Gasteiger partial charge < -0.3 is 19.5 Å². The molecule has 2 aliphatic heterocycles. The van der Waals surface area contributed by atoms with Gasteiger partial charge in [-0.1, -0.05) is 43.2 Å². The Hall–Kier alpha value is -1.79. The van der Waals surface area contributed by atoms with Gasteiger partial charge in [-0.05, 0) is 62.8 Å². The van der Waals surface area contributed by atoms with Gasteiger partial charge in [0.2, 0.25) is 0 Å². The Morgan fingerprint density at radius 1 is 0.879 bits per heavy atom. The van der Waals surface area contributed by atoms with Crippen molar-refractivity contribution in [1.29, 1.82) is 0 Å². The summed E-state index contributed by atoms with van der Waals surface area (Å²) in [6.45, 7) is 3.19. The Morgan fingerprint density at radius 3 is 2.52 bits per heavy atom. The fourth-order valence-corrected chi connectivity index (χ4v) is 7.02. The second kappa shape index (κ2) is 8.77. The van der Waals surface area contributed by atoms with E-state index in [0.717, 1.165) is 45.3 Å². The van der Waals surface area contributed by atoms with Crippen molar-refractivity contribution in [2.75, 3.05) is 26.4 Å². The highest BCUT2D eigenvalue weighted by atomic mass is 16.7. The van der Waals surface area contributed by atoms with Crippen molar-refractivity contribution in [2.24, 2.45) is 0 Å². The average Bonchev–Trinajstić information content (AvgIpc) is 3.52. The number of ether oxygens (including phenoxy) is 3. The quantitative estimate of drug-likeness (QED) is 0.685. The molecule has 1 aromatic heterocycles. The highest BCUT2D eigenvalue weighted by Gasteiger charge is 2.49. The molecule has 5 nitrogen and oxygen atoms in total. The van der Waals surface area contributed by atoms with E-state index in [9.17, 15) is 0 Å². The Labute approximate surface area is 197 Å². The Bertz CT molecular complexity index is 953. The summed E-state index contributed by atoms with van der Waals surface area (Å²) in [5, 5.41) is 3.93. The number of hydrogen-bond acceptors (Lipinski definition) is 5. The number of fused-ring (bicyclic) bond motifs is 2. The molecule has 1 aromatic carbocycles. The fourth-order valence-electron chi connectivity index (χ4n) is 7.02. The molecule has 2 saturated heterocycles. The molecule has 1 unspecified atom stereocenters. The molecule has 0 radical (unpaired) electrons. The van der Waals surface area contributed by atoms with Crippen molar-refractivity contribution >= 4 is 0 Å². The van der Waals surface area contributed by atoms with Gasteiger partial charge in [0.05, 0.1) is 18.8 Å². The van der Waals surface area contributed by atoms with Gasteiger partial charge >= 0.3 is 0 Å². The Morgan fingerprint density at radius 2 is 1.70 bits per heavy atom. The first-order chi connectivity index (χ1) is 16.2. The third kappa shape index (κ3) is 3.93. The van der Waals surface area contributed by atoms with Crippen molar-refractivity contribution in [2.45, 2.75) is 80.6 Å². The van der Waals surface area contributed by atoms with E-state index < -0.39 is 5.79 Å². The first-order valence-corrected chi connectivity index (χ1v) is 12.9. The van der Waals surface area contributed by atoms with E-state index in [1.807, 2.05) is 12.3 Å². The second-order valence-electron chi connectivity index (χ2n) is 10.5. The summed E-state index contributed by atoms with van der Waals surface area (Å²) in [5.41, 5.74) is 3.94. The predicted molar refractivity (Wildman–Crippen MR) is 127 cm³/mol. The molecule has 2 aromatic rings. The van der Waals surface area contributed by atoms with E-state index >= 15 is 0 Å². The molecular weight excluding hydrogens is 412 g/mol. The zero-order valence-corrected chi connectivity index (χ0v) is 19.6. The normalized spacial score (nSPS) is 30.0. The lowest BCUT2D eigenvalue weighted by molar-refractivity contribution is -0.177. The lowest BCUT2D eigenvalue weighted by Gasteiger charge is -2.47. The predicted octanol–water partition coefficient (Wildman–Crippen LogP) is 5.16. The molecule has 6 rings (SSSR count). The molecule has 1 saturated carbocycles. The van der Waals surface area contributed by atoms with Crippen LogP contribution in [0.25, 0.3) is 0 Å². The first-order valence-electron chi connectivity index (χ1n) is 12.9. The molecule has 3 fully saturated rings. The van der Waals surface area contributed by atoms with E-state index in [1.165, 1.54) is 42.5 Å². The van der Waals surface area contributed by atoms with Gasteiger partial charge in [-0.2, -0.15) is 0 Å². The molecule has 4 aliphatic rings. The van der Waals surface area contributed by atoms with Crippen LogP contribution in [0.2, 0.25) is 0 Å². The van der Waals surface area contributed by atoms with Crippen LogP contribution < -0.4 is 5.32 Å². The van der Waals surface area contributed by atoms with Crippen molar-refractivity contribution < 1.29 is 14.2 Å². The minimum atomic E-state index is -0.528. The van der Waals surface area contributed by atoms with Crippen LogP contribution in [0, 0.1) is 0 Å². The fraction of sp³-hybridized carbons (Fsp3) is 0.607. The number of pyridine rings is 1. The third-order valence-electron chi connectivity index (χ3n) is 8.63. The van der Waals surface area contributed by atoms with Gasteiger partial charge in [0.15, 0.2) is 5.79 Å². The molecule has 2 aliphatic carbocycles. The molecule has 0 bridgehead atoms. The van der Waals surface area contributed by atoms with Gasteiger partial charge in [-0.3, -0.25) is 4.98 Å². The number of aromatic nitrogens is 1. The van der Waals surface area contributed by atoms with Crippen LogP contribution in [0.4, 0.5) is 0 Å². The minimum absolute atomic E-state index is 0.0662. The Kier molecular flexibility index (Phi) is 5.77. The monoisotopic (exact) mass is 448 g/mol. The van der Waals surface area contributed by atoms with Gasteiger partial charge in [0, 0.05) is 41.9 Å². The first kappa shape index (κ1) is 21.7. The zero-order valence-electron chi connectivity index (χ0n) is 19.6. The zero-order chi connectivity index (χ0) is 22.2. The molecule has 2 atom stereocenters. The van der Waals surface area contributed by atoms with Crippen LogP contribution >= 0.6 is 0 Å². The molecule has 33 heavy (non-hydrogen) atoms. The molecule has 5 heteroatoms. The van der Waals surface area contributed by atoms with E-state index in [1.54, 1.807) is 0 Å². The molecular formula is C28H36N2O3. The lowest BCUT2D eigenvalue weighted by atomic mass is 9.68. The summed E-state index contributed by atoms with van der Waals surface area (Å²) in [4.78, 5) is 4.86. The largest absolute Gasteiger partial charge is 0.375 e. The average molecular weight is 449 g/mol. The van der Waals surface area contributed by atoms with Crippen LogP contribution in [-0.4, -0.2) is 37.0 Å². The summed E-state index contributed by atoms with van der Waals surface area (Å²) in [6, 6.07) is 15.4. The summed E-state index contributed by atoms with van der Waals surface area (Å²) in [6.07, 6.45) is 12.1. The number of nitrogens with one attached hydrogen (secondary N) is 1. The van der Waals surface area contributed by atoms with E-state index in [4.69, 9.17) is 19.2 Å². The van der Waals surface area contributed by atoms with Gasteiger partial charge in [-0.25, -0.2) is 0 Å². The van der Waals surface area contributed by atoms with E-state index in [2.05, 4.69) is 41.7 Å². The van der Waals surface area contributed by atoms with Gasteiger partial charge in [0.1, 0.15) is 0 Å². The van der Waals surface area contributed by atoms with Crippen LogP contribution in [0.3, 0.4) is 0 Å². The van der Waals surface area contributed by atoms with Crippen LogP contribution in [0.5, 0.6) is 0 Å². The molecule has 3 heterocycles. The van der Waals surface area contributed by atoms with Crippen LogP contribution in [0.1, 0.15) is 80.7 Å². The Balaban J connectivity index is 1.21. The van der Waals surface area contributed by atoms with Crippen molar-refractivity contribution in [3.8, 4) is 0 Å².